The van der Waals surface area contributed by atoms with Crippen LogP contribution in [0.1, 0.15) is 6.42 Å². The molecule has 86 valence electrons. The molecule has 1 fully saturated rings. The van der Waals surface area contributed by atoms with Crippen LogP contribution in [-0.4, -0.2) is 32.5 Å². The molecule has 2 heterocycles. The number of rotatable bonds is 2. The van der Waals surface area contributed by atoms with Crippen LogP contribution in [0.25, 0.3) is 0 Å². The molecule has 0 aromatic heterocycles. The van der Waals surface area contributed by atoms with Crippen molar-refractivity contribution < 1.29 is 14.2 Å². The van der Waals surface area contributed by atoms with E-state index in [1.807, 2.05) is 18.2 Å². The fourth-order valence-corrected chi connectivity index (χ4v) is 2.02. The average molecular weight is 221 g/mol. The Hall–Kier alpha value is -1.42. The summed E-state index contributed by atoms with van der Waals surface area (Å²) in [6.07, 6.45) is 1.06. The van der Waals surface area contributed by atoms with E-state index >= 15 is 0 Å². The zero-order chi connectivity index (χ0) is 10.8. The zero-order valence-corrected chi connectivity index (χ0v) is 9.07. The second-order valence-electron chi connectivity index (χ2n) is 4.06. The molecule has 2 aliphatic heterocycles. The zero-order valence-electron chi connectivity index (χ0n) is 9.07. The monoisotopic (exact) mass is 221 g/mol. The highest BCUT2D eigenvalue weighted by Gasteiger charge is 2.17. The first kappa shape index (κ1) is 9.78. The minimum absolute atomic E-state index is 0.419. The Labute approximate surface area is 94.5 Å². The largest absolute Gasteiger partial charge is 0.486 e. The Kier molecular flexibility index (Phi) is 2.58. The van der Waals surface area contributed by atoms with Crippen LogP contribution in [0.4, 0.5) is 5.69 Å². The van der Waals surface area contributed by atoms with Crippen molar-refractivity contribution in [1.82, 2.24) is 0 Å². The van der Waals surface area contributed by atoms with Crippen molar-refractivity contribution in [1.29, 1.82) is 0 Å². The van der Waals surface area contributed by atoms with Gasteiger partial charge in [0.15, 0.2) is 11.5 Å². The van der Waals surface area contributed by atoms with Crippen LogP contribution in [0.15, 0.2) is 18.2 Å². The van der Waals surface area contributed by atoms with Gasteiger partial charge in [-0.3, -0.25) is 0 Å². The van der Waals surface area contributed by atoms with E-state index in [-0.39, 0.29) is 0 Å². The van der Waals surface area contributed by atoms with E-state index < -0.39 is 0 Å². The molecular formula is C12H15NO3. The first-order valence-corrected chi connectivity index (χ1v) is 5.66. The summed E-state index contributed by atoms with van der Waals surface area (Å²) in [7, 11) is 0. The molecule has 1 atom stereocenters. The van der Waals surface area contributed by atoms with Gasteiger partial charge in [0.05, 0.1) is 12.6 Å². The molecule has 1 aromatic rings. The van der Waals surface area contributed by atoms with Gasteiger partial charge in [0, 0.05) is 18.4 Å². The lowest BCUT2D eigenvalue weighted by molar-refractivity contribution is 0.171. The van der Waals surface area contributed by atoms with Crippen molar-refractivity contribution in [3.05, 3.63) is 18.2 Å². The first-order valence-electron chi connectivity index (χ1n) is 5.66. The van der Waals surface area contributed by atoms with Crippen molar-refractivity contribution in [3.63, 3.8) is 0 Å². The van der Waals surface area contributed by atoms with Gasteiger partial charge in [-0.25, -0.2) is 0 Å². The number of nitrogens with one attached hydrogen (secondary N) is 1. The lowest BCUT2D eigenvalue weighted by Crippen LogP contribution is -2.19. The molecule has 1 saturated heterocycles. The standard InChI is InChI=1S/C12H15NO3/c1-2-11-12(16-6-5-15-11)7-9(1)13-10-3-4-14-8-10/h1-2,7,10,13H,3-6,8H2. The van der Waals surface area contributed by atoms with Crippen LogP contribution in [-0.2, 0) is 4.74 Å². The van der Waals surface area contributed by atoms with Gasteiger partial charge in [-0.2, -0.15) is 0 Å². The lowest BCUT2D eigenvalue weighted by atomic mass is 10.2. The molecule has 16 heavy (non-hydrogen) atoms. The van der Waals surface area contributed by atoms with Crippen LogP contribution >= 0.6 is 0 Å². The summed E-state index contributed by atoms with van der Waals surface area (Å²) in [5.41, 5.74) is 1.07. The van der Waals surface area contributed by atoms with Gasteiger partial charge in [-0.1, -0.05) is 0 Å². The number of benzene rings is 1. The van der Waals surface area contributed by atoms with Gasteiger partial charge >= 0.3 is 0 Å². The smallest absolute Gasteiger partial charge is 0.163 e. The minimum Gasteiger partial charge on any atom is -0.486 e. The van der Waals surface area contributed by atoms with Crippen molar-refractivity contribution in [2.24, 2.45) is 0 Å². The second kappa shape index (κ2) is 4.22. The summed E-state index contributed by atoms with van der Waals surface area (Å²) in [5.74, 6) is 1.66. The Bertz CT molecular complexity index is 375. The highest BCUT2D eigenvalue weighted by Crippen LogP contribution is 2.33. The maximum atomic E-state index is 5.53. The summed E-state index contributed by atoms with van der Waals surface area (Å²) in [6, 6.07) is 6.38. The van der Waals surface area contributed by atoms with Gasteiger partial charge in [0.25, 0.3) is 0 Å². The molecule has 0 amide bonds. The van der Waals surface area contributed by atoms with Crippen LogP contribution in [0.2, 0.25) is 0 Å². The molecule has 0 spiro atoms. The number of ether oxygens (including phenoxy) is 3. The van der Waals surface area contributed by atoms with E-state index in [0.717, 1.165) is 36.8 Å². The maximum absolute atomic E-state index is 5.53. The quantitative estimate of drug-likeness (QED) is 0.824. The first-order chi connectivity index (χ1) is 7.92. The van der Waals surface area contributed by atoms with Crippen molar-refractivity contribution in [2.45, 2.75) is 12.5 Å². The Morgan fingerprint density at radius 1 is 1.06 bits per heavy atom. The van der Waals surface area contributed by atoms with E-state index in [1.54, 1.807) is 0 Å². The molecule has 4 heteroatoms. The summed E-state index contributed by atoms with van der Waals surface area (Å²) >= 11 is 0. The van der Waals surface area contributed by atoms with Gasteiger partial charge in [0.1, 0.15) is 13.2 Å². The minimum atomic E-state index is 0.419. The third kappa shape index (κ3) is 1.93. The topological polar surface area (TPSA) is 39.7 Å². The van der Waals surface area contributed by atoms with Gasteiger partial charge in [-0.05, 0) is 18.6 Å². The molecule has 1 N–H and O–H groups in total. The predicted octanol–water partition coefficient (Wildman–Crippen LogP) is 1.66. The number of hydrogen-bond acceptors (Lipinski definition) is 4. The van der Waals surface area contributed by atoms with E-state index in [9.17, 15) is 0 Å². The molecule has 0 saturated carbocycles. The Morgan fingerprint density at radius 2 is 1.94 bits per heavy atom. The fourth-order valence-electron chi connectivity index (χ4n) is 2.02. The SMILES string of the molecule is c1cc2c(cc1NC1CCOC1)OCCO2. The summed E-state index contributed by atoms with van der Waals surface area (Å²) in [6.45, 7) is 2.90. The van der Waals surface area contributed by atoms with E-state index in [2.05, 4.69) is 5.32 Å². The van der Waals surface area contributed by atoms with Crippen LogP contribution in [0.3, 0.4) is 0 Å². The van der Waals surface area contributed by atoms with Gasteiger partial charge in [-0.15, -0.1) is 0 Å². The third-order valence-electron chi connectivity index (χ3n) is 2.84. The van der Waals surface area contributed by atoms with Crippen molar-refractivity contribution in [3.8, 4) is 11.5 Å². The Balaban J connectivity index is 1.74. The highest BCUT2D eigenvalue weighted by molar-refractivity contribution is 5.55. The molecule has 4 nitrogen and oxygen atoms in total. The van der Waals surface area contributed by atoms with E-state index in [4.69, 9.17) is 14.2 Å². The molecule has 1 unspecified atom stereocenters. The molecule has 0 bridgehead atoms. The number of fused-ring (bicyclic) bond motifs is 1. The highest BCUT2D eigenvalue weighted by atomic mass is 16.6. The van der Waals surface area contributed by atoms with E-state index in [1.165, 1.54) is 0 Å². The van der Waals surface area contributed by atoms with E-state index in [0.29, 0.717) is 19.3 Å². The number of hydrogen-bond donors (Lipinski definition) is 1. The molecule has 1 aromatic carbocycles. The van der Waals surface area contributed by atoms with Crippen LogP contribution < -0.4 is 14.8 Å². The molecule has 2 aliphatic rings. The average Bonchev–Trinajstić information content (AvgIpc) is 2.82. The molecular weight excluding hydrogens is 206 g/mol. The summed E-state index contributed by atoms with van der Waals surface area (Å²) in [5, 5.41) is 3.43. The number of anilines is 1. The van der Waals surface area contributed by atoms with Gasteiger partial charge in [0.2, 0.25) is 0 Å². The molecule has 0 aliphatic carbocycles. The van der Waals surface area contributed by atoms with Crippen molar-refractivity contribution in [2.75, 3.05) is 31.7 Å². The van der Waals surface area contributed by atoms with Crippen molar-refractivity contribution >= 4 is 5.69 Å². The van der Waals surface area contributed by atoms with Crippen LogP contribution in [0.5, 0.6) is 11.5 Å². The third-order valence-corrected chi connectivity index (χ3v) is 2.84. The summed E-state index contributed by atoms with van der Waals surface area (Å²) < 4.78 is 16.3. The maximum Gasteiger partial charge on any atom is 0.163 e. The molecule has 0 radical (unpaired) electrons. The normalized spacial score (nSPS) is 23.1. The lowest BCUT2D eigenvalue weighted by Gasteiger charge is -2.20. The Morgan fingerprint density at radius 3 is 2.75 bits per heavy atom. The van der Waals surface area contributed by atoms with Gasteiger partial charge < -0.3 is 19.5 Å². The summed E-state index contributed by atoms with van der Waals surface area (Å²) in [4.78, 5) is 0. The van der Waals surface area contributed by atoms with Crippen LogP contribution in [0, 0.1) is 0 Å². The second-order valence-corrected chi connectivity index (χ2v) is 4.06. The predicted molar refractivity (Wildman–Crippen MR) is 60.3 cm³/mol. The fraction of sp³-hybridized carbons (Fsp3) is 0.500. The molecule has 3 rings (SSSR count).